The Morgan fingerprint density at radius 2 is 1.96 bits per heavy atom. The Balaban J connectivity index is 1.91. The second kappa shape index (κ2) is 6.23. The molecule has 0 aromatic heterocycles. The van der Waals surface area contributed by atoms with Gasteiger partial charge in [-0.15, -0.1) is 0 Å². The SMILES string of the molecule is C=C1CC(OC(=O)CC(C)C)C2C(=C)C(=O)OC2C2C(=C)CCC12. The van der Waals surface area contributed by atoms with E-state index in [9.17, 15) is 9.59 Å². The molecular weight excluding hydrogens is 304 g/mol. The van der Waals surface area contributed by atoms with E-state index in [2.05, 4.69) is 19.7 Å². The van der Waals surface area contributed by atoms with Crippen molar-refractivity contribution in [2.24, 2.45) is 23.7 Å². The minimum atomic E-state index is -0.425. The molecule has 4 heteroatoms. The predicted molar refractivity (Wildman–Crippen MR) is 91.0 cm³/mol. The summed E-state index contributed by atoms with van der Waals surface area (Å²) >= 11 is 0. The molecule has 1 saturated heterocycles. The summed E-state index contributed by atoms with van der Waals surface area (Å²) in [6.07, 6.45) is 2.07. The van der Waals surface area contributed by atoms with Gasteiger partial charge in [0, 0.05) is 24.3 Å². The molecule has 5 unspecified atom stereocenters. The van der Waals surface area contributed by atoms with Crippen LogP contribution in [-0.2, 0) is 19.1 Å². The summed E-state index contributed by atoms with van der Waals surface area (Å²) in [6.45, 7) is 16.3. The Kier molecular flexibility index (Phi) is 4.41. The van der Waals surface area contributed by atoms with Crippen molar-refractivity contribution in [3.05, 3.63) is 36.5 Å². The summed E-state index contributed by atoms with van der Waals surface area (Å²) in [5.74, 6) is -0.362. The minimum absolute atomic E-state index is 0.0690. The third-order valence-electron chi connectivity index (χ3n) is 5.54. The van der Waals surface area contributed by atoms with Gasteiger partial charge in [-0.25, -0.2) is 4.79 Å². The smallest absolute Gasteiger partial charge is 0.334 e. The molecule has 3 rings (SSSR count). The van der Waals surface area contributed by atoms with Gasteiger partial charge < -0.3 is 9.47 Å². The topological polar surface area (TPSA) is 52.6 Å². The lowest BCUT2D eigenvalue weighted by atomic mass is 9.81. The minimum Gasteiger partial charge on any atom is -0.461 e. The van der Waals surface area contributed by atoms with E-state index in [1.807, 2.05) is 13.8 Å². The fraction of sp³-hybridized carbons (Fsp3) is 0.600. The Morgan fingerprint density at radius 1 is 1.25 bits per heavy atom. The fourth-order valence-corrected chi connectivity index (χ4v) is 4.43. The summed E-state index contributed by atoms with van der Waals surface area (Å²) < 4.78 is 11.4. The van der Waals surface area contributed by atoms with Gasteiger partial charge in [0.1, 0.15) is 12.2 Å². The van der Waals surface area contributed by atoms with E-state index in [4.69, 9.17) is 9.47 Å². The van der Waals surface area contributed by atoms with Crippen LogP contribution in [0.15, 0.2) is 36.5 Å². The van der Waals surface area contributed by atoms with E-state index >= 15 is 0 Å². The van der Waals surface area contributed by atoms with Crippen LogP contribution >= 0.6 is 0 Å². The molecule has 2 aliphatic carbocycles. The maximum absolute atomic E-state index is 12.2. The van der Waals surface area contributed by atoms with Crippen LogP contribution < -0.4 is 0 Å². The van der Waals surface area contributed by atoms with Crippen molar-refractivity contribution in [2.75, 3.05) is 0 Å². The first-order valence-corrected chi connectivity index (χ1v) is 8.74. The van der Waals surface area contributed by atoms with E-state index in [1.54, 1.807) is 0 Å². The third kappa shape index (κ3) is 2.83. The van der Waals surface area contributed by atoms with Gasteiger partial charge in [0.05, 0.1) is 5.92 Å². The molecule has 1 aliphatic heterocycles. The first-order valence-electron chi connectivity index (χ1n) is 8.74. The largest absolute Gasteiger partial charge is 0.461 e. The number of hydrogen-bond donors (Lipinski definition) is 0. The number of carbonyl (C=O) groups is 2. The monoisotopic (exact) mass is 330 g/mol. The maximum Gasteiger partial charge on any atom is 0.334 e. The van der Waals surface area contributed by atoms with Crippen LogP contribution in [0, 0.1) is 23.7 Å². The summed E-state index contributed by atoms with van der Waals surface area (Å²) in [5, 5.41) is 0. The Bertz CT molecular complexity index is 615. The molecule has 1 heterocycles. The molecule has 0 bridgehead atoms. The van der Waals surface area contributed by atoms with Gasteiger partial charge in [0.25, 0.3) is 0 Å². The molecule has 130 valence electrons. The Labute approximate surface area is 143 Å². The van der Waals surface area contributed by atoms with Crippen molar-refractivity contribution in [3.63, 3.8) is 0 Å². The molecule has 4 nitrogen and oxygen atoms in total. The Hall–Kier alpha value is -1.84. The van der Waals surface area contributed by atoms with Crippen LogP contribution in [0.4, 0.5) is 0 Å². The number of hydrogen-bond acceptors (Lipinski definition) is 4. The zero-order chi connectivity index (χ0) is 17.6. The zero-order valence-electron chi connectivity index (χ0n) is 14.5. The lowest BCUT2D eigenvalue weighted by Gasteiger charge is -2.28. The molecule has 5 atom stereocenters. The molecule has 0 N–H and O–H groups in total. The lowest BCUT2D eigenvalue weighted by molar-refractivity contribution is -0.153. The average Bonchev–Trinajstić information content (AvgIpc) is 2.95. The summed E-state index contributed by atoms with van der Waals surface area (Å²) in [5.41, 5.74) is 2.59. The first kappa shape index (κ1) is 17.0. The number of ether oxygens (including phenoxy) is 2. The lowest BCUT2D eigenvalue weighted by Crippen LogP contribution is -2.35. The van der Waals surface area contributed by atoms with Crippen LogP contribution in [0.3, 0.4) is 0 Å². The third-order valence-corrected chi connectivity index (χ3v) is 5.54. The van der Waals surface area contributed by atoms with E-state index in [0.29, 0.717) is 18.4 Å². The fourth-order valence-electron chi connectivity index (χ4n) is 4.43. The van der Waals surface area contributed by atoms with E-state index < -0.39 is 6.10 Å². The highest BCUT2D eigenvalue weighted by Crippen LogP contribution is 2.52. The van der Waals surface area contributed by atoms with Gasteiger partial charge in [-0.05, 0) is 24.7 Å². The summed E-state index contributed by atoms with van der Waals surface area (Å²) in [6, 6.07) is 0. The van der Waals surface area contributed by atoms with Gasteiger partial charge in [0.2, 0.25) is 0 Å². The molecule has 0 spiro atoms. The predicted octanol–water partition coefficient (Wildman–Crippen LogP) is 3.58. The zero-order valence-corrected chi connectivity index (χ0v) is 14.5. The van der Waals surface area contributed by atoms with E-state index in [0.717, 1.165) is 24.0 Å². The van der Waals surface area contributed by atoms with Gasteiger partial charge in [-0.1, -0.05) is 44.7 Å². The van der Waals surface area contributed by atoms with Crippen LogP contribution in [0.25, 0.3) is 0 Å². The van der Waals surface area contributed by atoms with Crippen LogP contribution in [0.2, 0.25) is 0 Å². The van der Waals surface area contributed by atoms with Crippen molar-refractivity contribution >= 4 is 11.9 Å². The van der Waals surface area contributed by atoms with Crippen LogP contribution in [0.1, 0.15) is 39.5 Å². The number of esters is 2. The second-order valence-corrected chi connectivity index (χ2v) is 7.74. The molecule has 2 saturated carbocycles. The highest BCUT2D eigenvalue weighted by molar-refractivity contribution is 5.91. The van der Waals surface area contributed by atoms with Crippen LogP contribution in [-0.4, -0.2) is 24.1 Å². The number of fused-ring (bicyclic) bond motifs is 3. The quantitative estimate of drug-likeness (QED) is 0.451. The van der Waals surface area contributed by atoms with Gasteiger partial charge >= 0.3 is 11.9 Å². The van der Waals surface area contributed by atoms with Crippen molar-refractivity contribution in [1.29, 1.82) is 0 Å². The van der Waals surface area contributed by atoms with Crippen LogP contribution in [0.5, 0.6) is 0 Å². The van der Waals surface area contributed by atoms with Crippen molar-refractivity contribution < 1.29 is 19.1 Å². The highest BCUT2D eigenvalue weighted by atomic mass is 16.6. The average molecular weight is 330 g/mol. The standard InChI is InChI=1S/C20H26O4/c1-10(2)8-16(21)23-15-9-12(4)14-7-6-11(3)17(14)19-18(15)13(5)20(22)24-19/h10,14-15,17-19H,3-9H2,1-2H3. The van der Waals surface area contributed by atoms with E-state index in [1.165, 1.54) is 0 Å². The normalized spacial score (nSPS) is 35.5. The van der Waals surface area contributed by atoms with Crippen molar-refractivity contribution in [3.8, 4) is 0 Å². The summed E-state index contributed by atoms with van der Waals surface area (Å²) in [4.78, 5) is 24.3. The number of carbonyl (C=O) groups excluding carboxylic acids is 2. The molecule has 0 amide bonds. The molecule has 3 fully saturated rings. The van der Waals surface area contributed by atoms with Gasteiger partial charge in [-0.3, -0.25) is 4.79 Å². The summed E-state index contributed by atoms with van der Waals surface area (Å²) in [7, 11) is 0. The molecule has 24 heavy (non-hydrogen) atoms. The molecule has 0 radical (unpaired) electrons. The van der Waals surface area contributed by atoms with E-state index in [-0.39, 0.29) is 41.7 Å². The molecule has 0 aromatic rings. The second-order valence-electron chi connectivity index (χ2n) is 7.74. The van der Waals surface area contributed by atoms with Gasteiger partial charge in [0.15, 0.2) is 0 Å². The maximum atomic E-state index is 12.2. The van der Waals surface area contributed by atoms with Crippen molar-refractivity contribution in [2.45, 2.75) is 51.7 Å². The molecular formula is C20H26O4. The molecule has 0 aromatic carbocycles. The van der Waals surface area contributed by atoms with Gasteiger partial charge in [-0.2, -0.15) is 0 Å². The Morgan fingerprint density at radius 3 is 2.62 bits per heavy atom. The van der Waals surface area contributed by atoms with Crippen molar-refractivity contribution in [1.82, 2.24) is 0 Å². The first-order chi connectivity index (χ1) is 11.3. The highest BCUT2D eigenvalue weighted by Gasteiger charge is 2.55. The number of rotatable bonds is 3. The molecule has 3 aliphatic rings.